The summed E-state index contributed by atoms with van der Waals surface area (Å²) in [5.74, 6) is 0.0108. The number of halogens is 3. The second-order valence-electron chi connectivity index (χ2n) is 4.62. The molecule has 0 bridgehead atoms. The third-order valence-corrected chi connectivity index (χ3v) is 3.99. The van der Waals surface area contributed by atoms with Gasteiger partial charge in [-0.1, -0.05) is 23.4 Å². The summed E-state index contributed by atoms with van der Waals surface area (Å²) in [7, 11) is 0. The number of hydrogen-bond donors (Lipinski definition) is 1. The predicted molar refractivity (Wildman–Crippen MR) is 88.2 cm³/mol. The Morgan fingerprint density at radius 1 is 1.44 bits per heavy atom. The molecule has 3 rings (SSSR count). The first-order valence-electron chi connectivity index (χ1n) is 6.85. The largest absolute Gasteiger partial charge is 0.433 e. The summed E-state index contributed by atoms with van der Waals surface area (Å²) in [5, 5.41) is 7.15. The van der Waals surface area contributed by atoms with E-state index in [1.54, 1.807) is 18.5 Å². The number of ether oxygens (including phenoxy) is 1. The van der Waals surface area contributed by atoms with Gasteiger partial charge in [-0.3, -0.25) is 4.79 Å². The third-order valence-electron chi connectivity index (χ3n) is 2.86. The van der Waals surface area contributed by atoms with Crippen LogP contribution in [0.25, 0.3) is 5.78 Å². The fourth-order valence-electron chi connectivity index (χ4n) is 1.87. The van der Waals surface area contributed by atoms with Crippen molar-refractivity contribution in [2.75, 3.05) is 11.1 Å². The summed E-state index contributed by atoms with van der Waals surface area (Å²) in [6.07, 6.45) is 3.29. The highest BCUT2D eigenvalue weighted by atomic mass is 35.5. The van der Waals surface area contributed by atoms with Crippen molar-refractivity contribution in [1.29, 1.82) is 0 Å². The van der Waals surface area contributed by atoms with E-state index in [-0.39, 0.29) is 22.4 Å². The number of benzene rings is 1. The van der Waals surface area contributed by atoms with Crippen molar-refractivity contribution in [2.24, 2.45) is 0 Å². The number of carbonyl (C=O) groups is 1. The number of aromatic nitrogens is 4. The fourth-order valence-corrected chi connectivity index (χ4v) is 2.72. The van der Waals surface area contributed by atoms with Crippen LogP contribution in [-0.2, 0) is 4.79 Å². The standard InChI is InChI=1S/C14H10ClF2N5O2S/c15-9-6-8(2-3-10(9)24-12(16)17)19-11(23)7-25-14-20-13-18-4-1-5-22(13)21-14/h1-6,12H,7H2,(H,19,23). The molecule has 0 atom stereocenters. The smallest absolute Gasteiger partial charge is 0.387 e. The zero-order valence-corrected chi connectivity index (χ0v) is 14.0. The van der Waals surface area contributed by atoms with Gasteiger partial charge in [-0.2, -0.15) is 13.8 Å². The van der Waals surface area contributed by atoms with Crippen LogP contribution in [0.5, 0.6) is 5.75 Å². The Kier molecular flexibility index (Phi) is 5.29. The number of anilines is 1. The van der Waals surface area contributed by atoms with Gasteiger partial charge < -0.3 is 10.1 Å². The van der Waals surface area contributed by atoms with Gasteiger partial charge in [-0.25, -0.2) is 9.50 Å². The lowest BCUT2D eigenvalue weighted by atomic mass is 10.3. The number of nitrogens with one attached hydrogen (secondary N) is 1. The van der Waals surface area contributed by atoms with Crippen LogP contribution in [0, 0.1) is 0 Å². The summed E-state index contributed by atoms with van der Waals surface area (Å²) in [5.41, 5.74) is 0.363. The summed E-state index contributed by atoms with van der Waals surface area (Å²) in [6, 6.07) is 5.72. The van der Waals surface area contributed by atoms with E-state index in [0.717, 1.165) is 11.8 Å². The maximum atomic E-state index is 12.2. The Balaban J connectivity index is 1.57. The molecule has 1 aromatic carbocycles. The highest BCUT2D eigenvalue weighted by molar-refractivity contribution is 7.99. The zero-order valence-electron chi connectivity index (χ0n) is 12.4. The molecule has 1 amide bonds. The SMILES string of the molecule is O=C(CSc1nc2ncccn2n1)Nc1ccc(OC(F)F)c(Cl)c1. The lowest BCUT2D eigenvalue weighted by molar-refractivity contribution is -0.113. The molecular weight excluding hydrogens is 376 g/mol. The van der Waals surface area contributed by atoms with E-state index in [4.69, 9.17) is 11.6 Å². The van der Waals surface area contributed by atoms with E-state index in [0.29, 0.717) is 16.6 Å². The van der Waals surface area contributed by atoms with Crippen LogP contribution in [0.3, 0.4) is 0 Å². The van der Waals surface area contributed by atoms with Gasteiger partial charge in [0.25, 0.3) is 5.78 Å². The van der Waals surface area contributed by atoms with Crippen LogP contribution in [0.1, 0.15) is 0 Å². The van der Waals surface area contributed by atoms with Gasteiger partial charge in [0.15, 0.2) is 0 Å². The highest BCUT2D eigenvalue weighted by Gasteiger charge is 2.12. The fraction of sp³-hybridized carbons (Fsp3) is 0.143. The second-order valence-corrected chi connectivity index (χ2v) is 5.97. The average molecular weight is 386 g/mol. The quantitative estimate of drug-likeness (QED) is 0.657. The Bertz CT molecular complexity index is 875. The lowest BCUT2D eigenvalue weighted by Crippen LogP contribution is -2.14. The molecular formula is C14H10ClF2N5O2S. The van der Waals surface area contributed by atoms with E-state index in [9.17, 15) is 13.6 Å². The van der Waals surface area contributed by atoms with Gasteiger partial charge >= 0.3 is 6.61 Å². The van der Waals surface area contributed by atoms with Gasteiger partial charge in [-0.05, 0) is 24.3 Å². The molecule has 7 nitrogen and oxygen atoms in total. The van der Waals surface area contributed by atoms with E-state index in [2.05, 4.69) is 25.1 Å². The molecule has 0 saturated heterocycles. The molecule has 0 aliphatic heterocycles. The Hall–Kier alpha value is -2.46. The molecule has 3 aromatic rings. The minimum Gasteiger partial charge on any atom is -0.433 e. The van der Waals surface area contributed by atoms with Crippen LogP contribution in [-0.4, -0.2) is 37.9 Å². The Morgan fingerprint density at radius 3 is 3.00 bits per heavy atom. The first kappa shape index (κ1) is 17.4. The van der Waals surface area contributed by atoms with E-state index in [1.165, 1.54) is 22.7 Å². The normalized spacial score (nSPS) is 11.0. The van der Waals surface area contributed by atoms with E-state index < -0.39 is 6.61 Å². The third kappa shape index (κ3) is 4.54. The van der Waals surface area contributed by atoms with Crippen molar-refractivity contribution >= 4 is 40.7 Å². The molecule has 0 spiro atoms. The van der Waals surface area contributed by atoms with E-state index in [1.807, 2.05) is 0 Å². The molecule has 25 heavy (non-hydrogen) atoms. The number of nitrogens with zero attached hydrogens (tertiary/aromatic N) is 4. The van der Waals surface area contributed by atoms with Gasteiger partial charge in [0.1, 0.15) is 5.75 Å². The predicted octanol–water partition coefficient (Wildman–Crippen LogP) is 3.11. The van der Waals surface area contributed by atoms with Crippen molar-refractivity contribution in [3.63, 3.8) is 0 Å². The molecule has 1 N–H and O–H groups in total. The van der Waals surface area contributed by atoms with Gasteiger partial charge in [-0.15, -0.1) is 5.10 Å². The molecule has 11 heteroatoms. The summed E-state index contributed by atoms with van der Waals surface area (Å²) in [6.45, 7) is -2.97. The van der Waals surface area contributed by atoms with Crippen LogP contribution in [0.2, 0.25) is 5.02 Å². The van der Waals surface area contributed by atoms with Gasteiger partial charge in [0, 0.05) is 18.1 Å². The van der Waals surface area contributed by atoms with Gasteiger partial charge in [0.2, 0.25) is 11.1 Å². The first-order chi connectivity index (χ1) is 12.0. The van der Waals surface area contributed by atoms with Crippen molar-refractivity contribution in [2.45, 2.75) is 11.8 Å². The Labute approximate surface area is 149 Å². The maximum Gasteiger partial charge on any atom is 0.387 e. The molecule has 2 heterocycles. The maximum absolute atomic E-state index is 12.2. The average Bonchev–Trinajstić information content (AvgIpc) is 2.98. The zero-order chi connectivity index (χ0) is 17.8. The summed E-state index contributed by atoms with van der Waals surface area (Å²) < 4.78 is 30.1. The number of amides is 1. The monoisotopic (exact) mass is 385 g/mol. The van der Waals surface area contributed by atoms with Crippen molar-refractivity contribution in [3.05, 3.63) is 41.7 Å². The number of carbonyl (C=O) groups excluding carboxylic acids is 1. The molecule has 0 radical (unpaired) electrons. The molecule has 0 saturated carbocycles. The number of thioether (sulfide) groups is 1. The van der Waals surface area contributed by atoms with Crippen molar-refractivity contribution in [3.8, 4) is 5.75 Å². The summed E-state index contributed by atoms with van der Waals surface area (Å²) in [4.78, 5) is 20.2. The van der Waals surface area contributed by atoms with Crippen LogP contribution < -0.4 is 10.1 Å². The molecule has 2 aromatic heterocycles. The molecule has 0 fully saturated rings. The Morgan fingerprint density at radius 2 is 2.28 bits per heavy atom. The lowest BCUT2D eigenvalue weighted by Gasteiger charge is -2.09. The molecule has 0 aliphatic carbocycles. The van der Waals surface area contributed by atoms with Gasteiger partial charge in [0.05, 0.1) is 10.8 Å². The van der Waals surface area contributed by atoms with Crippen LogP contribution in [0.4, 0.5) is 14.5 Å². The van der Waals surface area contributed by atoms with Crippen LogP contribution in [0.15, 0.2) is 41.8 Å². The minimum absolute atomic E-state index is 0.0288. The molecule has 0 unspecified atom stereocenters. The summed E-state index contributed by atoms with van der Waals surface area (Å²) >= 11 is 6.97. The van der Waals surface area contributed by atoms with E-state index >= 15 is 0 Å². The van der Waals surface area contributed by atoms with Crippen molar-refractivity contribution in [1.82, 2.24) is 19.6 Å². The number of alkyl halides is 2. The number of rotatable bonds is 6. The molecule has 130 valence electrons. The van der Waals surface area contributed by atoms with Crippen LogP contribution >= 0.6 is 23.4 Å². The number of hydrogen-bond acceptors (Lipinski definition) is 6. The second kappa shape index (κ2) is 7.62. The van der Waals surface area contributed by atoms with Crippen molar-refractivity contribution < 1.29 is 18.3 Å². The highest BCUT2D eigenvalue weighted by Crippen LogP contribution is 2.29. The topological polar surface area (TPSA) is 81.4 Å². The first-order valence-corrected chi connectivity index (χ1v) is 8.22. The number of fused-ring (bicyclic) bond motifs is 1. The minimum atomic E-state index is -2.97. The molecule has 0 aliphatic rings.